The van der Waals surface area contributed by atoms with Gasteiger partial charge >= 0.3 is 18.2 Å². The molecule has 0 bridgehead atoms. The SMILES string of the molecule is O=C(Nc1ccc(C(=O)O)c(Cl)c1)OCC(F)(F)F. The molecule has 0 aliphatic rings. The zero-order chi connectivity index (χ0) is 14.6. The van der Waals surface area contributed by atoms with Crippen molar-refractivity contribution in [3.05, 3.63) is 28.8 Å². The second-order valence-corrected chi connectivity index (χ2v) is 3.72. The summed E-state index contributed by atoms with van der Waals surface area (Å²) in [5.41, 5.74) is -0.182. The summed E-state index contributed by atoms with van der Waals surface area (Å²) in [7, 11) is 0. The number of alkyl halides is 3. The number of benzene rings is 1. The number of carboxylic acid groups (broad SMARTS) is 1. The van der Waals surface area contributed by atoms with Crippen molar-refractivity contribution in [2.24, 2.45) is 0 Å². The smallest absolute Gasteiger partial charge is 0.422 e. The van der Waals surface area contributed by atoms with Gasteiger partial charge in [-0.3, -0.25) is 5.32 Å². The minimum atomic E-state index is -4.62. The minimum Gasteiger partial charge on any atom is -0.478 e. The molecule has 0 aliphatic heterocycles. The molecule has 0 saturated heterocycles. The maximum atomic E-state index is 11.8. The van der Waals surface area contributed by atoms with E-state index in [-0.39, 0.29) is 16.3 Å². The summed E-state index contributed by atoms with van der Waals surface area (Å²) in [6.07, 6.45) is -5.95. The summed E-state index contributed by atoms with van der Waals surface area (Å²) < 4.78 is 39.2. The van der Waals surface area contributed by atoms with Crippen LogP contribution in [0.5, 0.6) is 0 Å². The van der Waals surface area contributed by atoms with Gasteiger partial charge in [-0.2, -0.15) is 13.2 Å². The second-order valence-electron chi connectivity index (χ2n) is 3.32. The standard InChI is InChI=1S/C10H7ClF3NO4/c11-7-3-5(1-2-6(7)8(16)17)15-9(18)19-4-10(12,13)14/h1-3H,4H2,(H,15,18)(H,16,17). The molecule has 19 heavy (non-hydrogen) atoms. The fourth-order valence-corrected chi connectivity index (χ4v) is 1.33. The number of carbonyl (C=O) groups is 2. The summed E-state index contributed by atoms with van der Waals surface area (Å²) >= 11 is 5.60. The van der Waals surface area contributed by atoms with E-state index in [9.17, 15) is 22.8 Å². The van der Waals surface area contributed by atoms with Crippen LogP contribution in [-0.4, -0.2) is 30.0 Å². The molecule has 9 heteroatoms. The highest BCUT2D eigenvalue weighted by molar-refractivity contribution is 6.33. The molecule has 1 aromatic carbocycles. The van der Waals surface area contributed by atoms with Crippen molar-refractivity contribution in [3.63, 3.8) is 0 Å². The molecule has 0 fully saturated rings. The van der Waals surface area contributed by atoms with Gasteiger partial charge in [-0.15, -0.1) is 0 Å². The van der Waals surface area contributed by atoms with Crippen LogP contribution in [0, 0.1) is 0 Å². The number of carbonyl (C=O) groups excluding carboxylic acids is 1. The van der Waals surface area contributed by atoms with Crippen molar-refractivity contribution in [3.8, 4) is 0 Å². The maximum absolute atomic E-state index is 11.8. The van der Waals surface area contributed by atoms with Crippen LogP contribution in [-0.2, 0) is 4.74 Å². The van der Waals surface area contributed by atoms with Crippen LogP contribution in [0.2, 0.25) is 5.02 Å². The number of hydrogen-bond acceptors (Lipinski definition) is 3. The van der Waals surface area contributed by atoms with Crippen LogP contribution < -0.4 is 5.32 Å². The van der Waals surface area contributed by atoms with E-state index in [1.807, 2.05) is 5.32 Å². The van der Waals surface area contributed by atoms with Gasteiger partial charge in [0.2, 0.25) is 0 Å². The highest BCUT2D eigenvalue weighted by Crippen LogP contribution is 2.21. The van der Waals surface area contributed by atoms with Crippen molar-refractivity contribution < 1.29 is 32.6 Å². The van der Waals surface area contributed by atoms with E-state index in [0.717, 1.165) is 12.1 Å². The van der Waals surface area contributed by atoms with Gasteiger partial charge in [-0.25, -0.2) is 9.59 Å². The number of halogens is 4. The summed E-state index contributed by atoms with van der Waals surface area (Å²) in [4.78, 5) is 21.6. The van der Waals surface area contributed by atoms with Crippen LogP contribution >= 0.6 is 11.6 Å². The van der Waals surface area contributed by atoms with Gasteiger partial charge < -0.3 is 9.84 Å². The van der Waals surface area contributed by atoms with E-state index in [4.69, 9.17) is 16.7 Å². The second kappa shape index (κ2) is 5.79. The molecule has 0 spiro atoms. The first-order valence-corrected chi connectivity index (χ1v) is 5.10. The number of aromatic carboxylic acids is 1. The molecular weight excluding hydrogens is 291 g/mol. The molecule has 0 atom stereocenters. The first-order chi connectivity index (χ1) is 8.69. The maximum Gasteiger partial charge on any atom is 0.422 e. The monoisotopic (exact) mass is 297 g/mol. The molecule has 0 heterocycles. The molecule has 1 amide bonds. The molecule has 0 aliphatic carbocycles. The Hall–Kier alpha value is -1.96. The number of amides is 1. The Morgan fingerprint density at radius 2 is 2.00 bits per heavy atom. The van der Waals surface area contributed by atoms with E-state index in [1.165, 1.54) is 6.07 Å². The molecule has 104 valence electrons. The Kier molecular flexibility index (Phi) is 4.60. The number of anilines is 1. The summed E-state index contributed by atoms with van der Waals surface area (Å²) in [5.74, 6) is -1.27. The van der Waals surface area contributed by atoms with E-state index in [1.54, 1.807) is 0 Å². The summed E-state index contributed by atoms with van der Waals surface area (Å²) in [5, 5.41) is 10.5. The van der Waals surface area contributed by atoms with Crippen LogP contribution in [0.25, 0.3) is 0 Å². The zero-order valence-corrected chi connectivity index (χ0v) is 9.88. The summed E-state index contributed by atoms with van der Waals surface area (Å²) in [6, 6.07) is 3.36. The number of carboxylic acids is 1. The molecule has 1 aromatic rings. The highest BCUT2D eigenvalue weighted by atomic mass is 35.5. The Morgan fingerprint density at radius 1 is 1.37 bits per heavy atom. The predicted molar refractivity (Wildman–Crippen MR) is 59.4 cm³/mol. The fourth-order valence-electron chi connectivity index (χ4n) is 1.07. The van der Waals surface area contributed by atoms with Gasteiger partial charge in [-0.05, 0) is 18.2 Å². The van der Waals surface area contributed by atoms with Crippen LogP contribution in [0.15, 0.2) is 18.2 Å². The lowest BCUT2D eigenvalue weighted by Crippen LogP contribution is -2.23. The van der Waals surface area contributed by atoms with E-state index in [2.05, 4.69) is 4.74 Å². The van der Waals surface area contributed by atoms with Crippen molar-refractivity contribution in [2.75, 3.05) is 11.9 Å². The van der Waals surface area contributed by atoms with Gasteiger partial charge in [0.25, 0.3) is 0 Å². The Labute approximate surface area is 109 Å². The van der Waals surface area contributed by atoms with Crippen molar-refractivity contribution in [1.82, 2.24) is 0 Å². The van der Waals surface area contributed by atoms with E-state index < -0.39 is 24.8 Å². The van der Waals surface area contributed by atoms with Gasteiger partial charge in [0.1, 0.15) is 0 Å². The molecule has 0 aromatic heterocycles. The first-order valence-electron chi connectivity index (χ1n) is 4.72. The lowest BCUT2D eigenvalue weighted by atomic mass is 10.2. The summed E-state index contributed by atoms with van der Waals surface area (Å²) in [6.45, 7) is -1.72. The third kappa shape index (κ3) is 5.04. The third-order valence-electron chi connectivity index (χ3n) is 1.81. The Bertz CT molecular complexity index is 504. The molecular formula is C10H7ClF3NO4. The van der Waals surface area contributed by atoms with Crippen molar-refractivity contribution in [2.45, 2.75) is 6.18 Å². The predicted octanol–water partition coefficient (Wildman–Crippen LogP) is 3.15. The average Bonchev–Trinajstić information content (AvgIpc) is 2.25. The van der Waals surface area contributed by atoms with Gasteiger partial charge in [-0.1, -0.05) is 11.6 Å². The van der Waals surface area contributed by atoms with Crippen LogP contribution in [0.1, 0.15) is 10.4 Å². The van der Waals surface area contributed by atoms with Crippen LogP contribution in [0.4, 0.5) is 23.7 Å². The lowest BCUT2D eigenvalue weighted by Gasteiger charge is -2.09. The van der Waals surface area contributed by atoms with E-state index in [0.29, 0.717) is 0 Å². The van der Waals surface area contributed by atoms with Gasteiger partial charge in [0.15, 0.2) is 6.61 Å². The molecule has 0 unspecified atom stereocenters. The quantitative estimate of drug-likeness (QED) is 0.898. The molecule has 0 saturated carbocycles. The molecule has 5 nitrogen and oxygen atoms in total. The number of ether oxygens (including phenoxy) is 1. The van der Waals surface area contributed by atoms with Crippen molar-refractivity contribution in [1.29, 1.82) is 0 Å². The number of hydrogen-bond donors (Lipinski definition) is 2. The first kappa shape index (κ1) is 15.1. The number of rotatable bonds is 3. The Balaban J connectivity index is 2.65. The van der Waals surface area contributed by atoms with Gasteiger partial charge in [0, 0.05) is 5.69 Å². The van der Waals surface area contributed by atoms with Crippen LogP contribution in [0.3, 0.4) is 0 Å². The lowest BCUT2D eigenvalue weighted by molar-refractivity contribution is -0.159. The molecule has 2 N–H and O–H groups in total. The topological polar surface area (TPSA) is 75.6 Å². The van der Waals surface area contributed by atoms with Crippen molar-refractivity contribution >= 4 is 29.4 Å². The largest absolute Gasteiger partial charge is 0.478 e. The Morgan fingerprint density at radius 3 is 2.47 bits per heavy atom. The normalized spacial score (nSPS) is 10.9. The third-order valence-corrected chi connectivity index (χ3v) is 2.13. The minimum absolute atomic E-state index is 0.0159. The van der Waals surface area contributed by atoms with Gasteiger partial charge in [0.05, 0.1) is 10.6 Å². The molecule has 0 radical (unpaired) electrons. The fraction of sp³-hybridized carbons (Fsp3) is 0.200. The van der Waals surface area contributed by atoms with E-state index >= 15 is 0 Å². The average molecular weight is 298 g/mol. The molecule has 1 rings (SSSR count). The zero-order valence-electron chi connectivity index (χ0n) is 9.12. The highest BCUT2D eigenvalue weighted by Gasteiger charge is 2.29. The number of nitrogens with one attached hydrogen (secondary N) is 1.